The highest BCUT2D eigenvalue weighted by Gasteiger charge is 2.27. The van der Waals surface area contributed by atoms with Gasteiger partial charge in [-0.2, -0.15) is 0 Å². The summed E-state index contributed by atoms with van der Waals surface area (Å²) in [6.07, 6.45) is -0.773. The number of sulfone groups is 1. The predicted octanol–water partition coefficient (Wildman–Crippen LogP) is 5.82. The normalized spacial score (nSPS) is 16.2. The van der Waals surface area contributed by atoms with Gasteiger partial charge < -0.3 is 9.64 Å². The lowest BCUT2D eigenvalue weighted by molar-refractivity contribution is 0.0769. The molecule has 10 heteroatoms. The fourth-order valence-electron chi connectivity index (χ4n) is 3.62. The summed E-state index contributed by atoms with van der Waals surface area (Å²) in [7, 11) is -3.14. The third-order valence-corrected chi connectivity index (χ3v) is 7.90. The van der Waals surface area contributed by atoms with Crippen molar-refractivity contribution in [3.63, 3.8) is 0 Å². The third kappa shape index (κ3) is 5.66. The molecule has 3 aromatic rings. The van der Waals surface area contributed by atoms with Crippen LogP contribution in [0.15, 0.2) is 60.7 Å². The number of hydrogen-bond acceptors (Lipinski definition) is 4. The SMILES string of the molecule is O=C(c1ccc(OC(c2ccc(Cl)cc2)c2ccc(Cl)cc2Cl)c(F)c1)N1CCS(=O)(=O)CC1. The molecule has 178 valence electrons. The standard InChI is InChI=1S/C24H19Cl3FNO4S/c25-17-4-1-15(2-5-17)23(19-7-6-18(26)14-20(19)27)33-22-8-3-16(13-21(22)28)24(30)29-9-11-34(31,32)12-10-29/h1-8,13-14,23H,9-12H2. The van der Waals surface area contributed by atoms with Crippen LogP contribution < -0.4 is 4.74 Å². The van der Waals surface area contributed by atoms with Gasteiger partial charge in [-0.25, -0.2) is 12.8 Å². The summed E-state index contributed by atoms with van der Waals surface area (Å²) in [6.45, 7) is 0.156. The average molecular weight is 543 g/mol. The third-order valence-electron chi connectivity index (χ3n) is 5.47. The largest absolute Gasteiger partial charge is 0.478 e. The molecule has 0 N–H and O–H groups in total. The van der Waals surface area contributed by atoms with Crippen LogP contribution in [0.2, 0.25) is 15.1 Å². The van der Waals surface area contributed by atoms with E-state index in [2.05, 4.69) is 0 Å². The summed E-state index contributed by atoms with van der Waals surface area (Å²) in [5.74, 6) is -1.46. The van der Waals surface area contributed by atoms with Crippen LogP contribution in [0.3, 0.4) is 0 Å². The molecule has 1 amide bonds. The number of benzene rings is 3. The van der Waals surface area contributed by atoms with Crippen LogP contribution in [0, 0.1) is 5.82 Å². The Morgan fingerprint density at radius 2 is 1.56 bits per heavy atom. The van der Waals surface area contributed by atoms with Gasteiger partial charge >= 0.3 is 0 Å². The minimum absolute atomic E-state index is 0.0781. The zero-order chi connectivity index (χ0) is 24.5. The summed E-state index contributed by atoms with van der Waals surface area (Å²) in [5.41, 5.74) is 1.36. The van der Waals surface area contributed by atoms with Gasteiger partial charge in [0.25, 0.3) is 5.91 Å². The van der Waals surface area contributed by atoms with Gasteiger partial charge in [-0.05, 0) is 48.0 Å². The number of amides is 1. The molecule has 1 atom stereocenters. The lowest BCUT2D eigenvalue weighted by Gasteiger charge is -2.27. The maximum absolute atomic E-state index is 15.1. The summed E-state index contributed by atoms with van der Waals surface area (Å²) >= 11 is 18.4. The number of nitrogens with zero attached hydrogens (tertiary/aromatic N) is 1. The maximum Gasteiger partial charge on any atom is 0.254 e. The van der Waals surface area contributed by atoms with E-state index >= 15 is 4.39 Å². The minimum Gasteiger partial charge on any atom is -0.478 e. The molecule has 0 spiro atoms. The van der Waals surface area contributed by atoms with E-state index in [1.807, 2.05) is 0 Å². The zero-order valence-electron chi connectivity index (χ0n) is 17.7. The van der Waals surface area contributed by atoms with E-state index in [9.17, 15) is 13.2 Å². The van der Waals surface area contributed by atoms with E-state index in [4.69, 9.17) is 39.5 Å². The van der Waals surface area contributed by atoms with Crippen molar-refractivity contribution < 1.29 is 22.3 Å². The first-order valence-corrected chi connectivity index (χ1v) is 13.2. The monoisotopic (exact) mass is 541 g/mol. The van der Waals surface area contributed by atoms with Crippen LogP contribution in [0.4, 0.5) is 4.39 Å². The highest BCUT2D eigenvalue weighted by atomic mass is 35.5. The first-order valence-electron chi connectivity index (χ1n) is 10.3. The molecular weight excluding hydrogens is 524 g/mol. The van der Waals surface area contributed by atoms with Gasteiger partial charge in [0.15, 0.2) is 27.5 Å². The fourth-order valence-corrected chi connectivity index (χ4v) is 5.45. The highest BCUT2D eigenvalue weighted by Crippen LogP contribution is 2.35. The Morgan fingerprint density at radius 3 is 2.18 bits per heavy atom. The van der Waals surface area contributed by atoms with Crippen LogP contribution in [-0.4, -0.2) is 43.8 Å². The Balaban J connectivity index is 1.61. The highest BCUT2D eigenvalue weighted by molar-refractivity contribution is 7.91. The van der Waals surface area contributed by atoms with Gasteiger partial charge in [0.2, 0.25) is 0 Å². The lowest BCUT2D eigenvalue weighted by atomic mass is 10.0. The molecule has 4 rings (SSSR count). The first-order chi connectivity index (χ1) is 16.1. The second-order valence-corrected chi connectivity index (χ2v) is 11.4. The predicted molar refractivity (Wildman–Crippen MR) is 131 cm³/mol. The molecule has 0 aromatic heterocycles. The van der Waals surface area contributed by atoms with Gasteiger partial charge in [0, 0.05) is 39.3 Å². The van der Waals surface area contributed by atoms with E-state index in [-0.39, 0.29) is 35.9 Å². The van der Waals surface area contributed by atoms with Gasteiger partial charge in [0.1, 0.15) is 0 Å². The van der Waals surface area contributed by atoms with Crippen molar-refractivity contribution in [2.24, 2.45) is 0 Å². The molecule has 0 radical (unpaired) electrons. The molecule has 34 heavy (non-hydrogen) atoms. The summed E-state index contributed by atoms with van der Waals surface area (Å²) in [5, 5.41) is 1.33. The Labute approximate surface area is 211 Å². The van der Waals surface area contributed by atoms with E-state index in [1.165, 1.54) is 17.0 Å². The second-order valence-electron chi connectivity index (χ2n) is 7.80. The molecule has 1 aliphatic heterocycles. The molecular formula is C24H19Cl3FNO4S. The van der Waals surface area contributed by atoms with Gasteiger partial charge in [-0.15, -0.1) is 0 Å². The van der Waals surface area contributed by atoms with Crippen molar-refractivity contribution in [1.29, 1.82) is 0 Å². The first kappa shape index (κ1) is 24.8. The van der Waals surface area contributed by atoms with E-state index in [0.717, 1.165) is 6.07 Å². The maximum atomic E-state index is 15.1. The lowest BCUT2D eigenvalue weighted by Crippen LogP contribution is -2.43. The number of rotatable bonds is 5. The van der Waals surface area contributed by atoms with Crippen molar-refractivity contribution >= 4 is 50.5 Å². The number of carbonyl (C=O) groups excluding carboxylic acids is 1. The summed E-state index contributed by atoms with van der Waals surface area (Å²) < 4.78 is 44.3. The molecule has 3 aromatic carbocycles. The van der Waals surface area contributed by atoms with Crippen LogP contribution in [0.1, 0.15) is 27.6 Å². The minimum atomic E-state index is -3.14. The van der Waals surface area contributed by atoms with Crippen LogP contribution in [-0.2, 0) is 9.84 Å². The average Bonchev–Trinajstić information content (AvgIpc) is 2.79. The Bertz CT molecular complexity index is 1320. The van der Waals surface area contributed by atoms with Crippen molar-refractivity contribution in [2.45, 2.75) is 6.10 Å². The van der Waals surface area contributed by atoms with Gasteiger partial charge in [0.05, 0.1) is 11.5 Å². The Hall–Kier alpha value is -2.32. The van der Waals surface area contributed by atoms with E-state index < -0.39 is 27.7 Å². The van der Waals surface area contributed by atoms with Crippen molar-refractivity contribution in [1.82, 2.24) is 4.90 Å². The van der Waals surface area contributed by atoms with Crippen LogP contribution in [0.5, 0.6) is 5.75 Å². The quantitative estimate of drug-likeness (QED) is 0.407. The topological polar surface area (TPSA) is 63.7 Å². The molecule has 1 heterocycles. The molecule has 0 bridgehead atoms. The molecule has 5 nitrogen and oxygen atoms in total. The molecule has 0 aliphatic carbocycles. The van der Waals surface area contributed by atoms with Gasteiger partial charge in [-0.3, -0.25) is 4.79 Å². The fraction of sp³-hybridized carbons (Fsp3) is 0.208. The Morgan fingerprint density at radius 1 is 0.912 bits per heavy atom. The number of hydrogen-bond donors (Lipinski definition) is 0. The van der Waals surface area contributed by atoms with Crippen LogP contribution in [0.25, 0.3) is 0 Å². The molecule has 1 saturated heterocycles. The summed E-state index contributed by atoms with van der Waals surface area (Å²) in [4.78, 5) is 14.1. The zero-order valence-corrected chi connectivity index (χ0v) is 20.8. The molecule has 1 fully saturated rings. The van der Waals surface area contributed by atoms with Crippen molar-refractivity contribution in [3.05, 3.63) is 98.2 Å². The van der Waals surface area contributed by atoms with Crippen molar-refractivity contribution in [3.8, 4) is 5.75 Å². The number of ether oxygens (including phenoxy) is 1. The molecule has 1 aliphatic rings. The Kier molecular flexibility index (Phi) is 7.38. The summed E-state index contributed by atoms with van der Waals surface area (Å²) in [6, 6.07) is 15.7. The van der Waals surface area contributed by atoms with E-state index in [0.29, 0.717) is 26.2 Å². The second kappa shape index (κ2) is 10.1. The van der Waals surface area contributed by atoms with Crippen LogP contribution >= 0.6 is 34.8 Å². The number of halogens is 4. The van der Waals surface area contributed by atoms with Crippen molar-refractivity contribution in [2.75, 3.05) is 24.6 Å². The number of carbonyl (C=O) groups is 1. The smallest absolute Gasteiger partial charge is 0.254 e. The molecule has 0 saturated carbocycles. The van der Waals surface area contributed by atoms with Gasteiger partial charge in [-0.1, -0.05) is 53.0 Å². The van der Waals surface area contributed by atoms with E-state index in [1.54, 1.807) is 42.5 Å². The molecule has 1 unspecified atom stereocenters.